The van der Waals surface area contributed by atoms with Gasteiger partial charge in [-0.3, -0.25) is 14.7 Å². The summed E-state index contributed by atoms with van der Waals surface area (Å²) < 4.78 is 28.2. The molecule has 0 bridgehead atoms. The molecule has 1 heterocycles. The van der Waals surface area contributed by atoms with E-state index in [1.807, 2.05) is 11.9 Å². The second-order valence-electron chi connectivity index (χ2n) is 9.25. The maximum absolute atomic E-state index is 14.3. The highest BCUT2D eigenvalue weighted by Gasteiger charge is 2.33. The monoisotopic (exact) mass is 435 g/mol. The SMILES string of the molecule is Cc1c(CN2CCN(N([O-])C3CCCC3)CC2)cc(F)cc1NC(=O)C1CCCC1F. The summed E-state index contributed by atoms with van der Waals surface area (Å²) in [6.07, 6.45) is 4.76. The van der Waals surface area contributed by atoms with Gasteiger partial charge in [0.05, 0.1) is 5.92 Å². The average molecular weight is 436 g/mol. The minimum atomic E-state index is -1.12. The van der Waals surface area contributed by atoms with Crippen LogP contribution in [-0.4, -0.2) is 59.4 Å². The van der Waals surface area contributed by atoms with Crippen molar-refractivity contribution < 1.29 is 13.6 Å². The van der Waals surface area contributed by atoms with Gasteiger partial charge in [0.1, 0.15) is 12.0 Å². The van der Waals surface area contributed by atoms with Crippen LogP contribution in [0, 0.1) is 23.9 Å². The van der Waals surface area contributed by atoms with Crippen LogP contribution in [-0.2, 0) is 11.3 Å². The van der Waals surface area contributed by atoms with Gasteiger partial charge in [-0.05, 0) is 62.3 Å². The number of anilines is 1. The fourth-order valence-electron chi connectivity index (χ4n) is 5.15. The van der Waals surface area contributed by atoms with Gasteiger partial charge < -0.3 is 15.7 Å². The molecule has 4 rings (SSSR count). The third kappa shape index (κ3) is 5.25. The Kier molecular flexibility index (Phi) is 7.21. The van der Waals surface area contributed by atoms with Crippen LogP contribution in [0.2, 0.25) is 0 Å². The van der Waals surface area contributed by atoms with E-state index in [1.165, 1.54) is 17.3 Å². The van der Waals surface area contributed by atoms with Gasteiger partial charge in [0.25, 0.3) is 0 Å². The molecule has 1 aliphatic heterocycles. The number of carbonyl (C=O) groups excluding carboxylic acids is 1. The molecule has 2 saturated carbocycles. The first-order chi connectivity index (χ1) is 14.9. The molecule has 1 saturated heterocycles. The molecule has 0 aromatic heterocycles. The molecule has 3 fully saturated rings. The number of hydrogen-bond donors (Lipinski definition) is 1. The molecule has 6 nitrogen and oxygen atoms in total. The highest BCUT2D eigenvalue weighted by molar-refractivity contribution is 5.94. The van der Waals surface area contributed by atoms with E-state index in [2.05, 4.69) is 10.2 Å². The van der Waals surface area contributed by atoms with Gasteiger partial charge in [0.15, 0.2) is 0 Å². The number of benzene rings is 1. The largest absolute Gasteiger partial charge is 0.771 e. The molecule has 2 aliphatic carbocycles. The Hall–Kier alpha value is -1.61. The number of halogens is 2. The predicted octanol–water partition coefficient (Wildman–Crippen LogP) is 3.99. The van der Waals surface area contributed by atoms with Gasteiger partial charge >= 0.3 is 0 Å². The molecule has 1 N–H and O–H groups in total. The molecule has 1 aromatic carbocycles. The normalized spacial score (nSPS) is 26.1. The molecule has 2 atom stereocenters. The van der Waals surface area contributed by atoms with E-state index in [9.17, 15) is 18.8 Å². The lowest BCUT2D eigenvalue weighted by Gasteiger charge is -2.48. The van der Waals surface area contributed by atoms with Crippen LogP contribution in [0.15, 0.2) is 12.1 Å². The predicted molar refractivity (Wildman–Crippen MR) is 116 cm³/mol. The van der Waals surface area contributed by atoms with Crippen molar-refractivity contribution in [2.24, 2.45) is 5.92 Å². The number of nitrogens with zero attached hydrogens (tertiary/aromatic N) is 3. The molecule has 0 radical (unpaired) electrons. The number of amides is 1. The standard InChI is InChI=1S/C23H33F2N4O2/c1-16-17(13-18(24)14-22(16)26-23(30)20-7-4-8-21(20)25)15-27-9-11-28(12-10-27)29(31)19-5-2-3-6-19/h13-14,19-21H,2-12,15H2,1H3,(H,26,30)/q-1. The summed E-state index contributed by atoms with van der Waals surface area (Å²) in [5.41, 5.74) is 2.04. The number of nitrogens with one attached hydrogen (secondary N) is 1. The van der Waals surface area contributed by atoms with Gasteiger partial charge in [0.2, 0.25) is 5.91 Å². The smallest absolute Gasteiger partial charge is 0.230 e. The van der Waals surface area contributed by atoms with Crippen molar-refractivity contribution in [1.82, 2.24) is 15.1 Å². The second kappa shape index (κ2) is 9.90. The molecule has 0 spiro atoms. The van der Waals surface area contributed by atoms with E-state index < -0.39 is 17.9 Å². The van der Waals surface area contributed by atoms with Crippen LogP contribution in [0.4, 0.5) is 14.5 Å². The summed E-state index contributed by atoms with van der Waals surface area (Å²) in [7, 11) is 0. The topological polar surface area (TPSA) is 61.9 Å². The van der Waals surface area contributed by atoms with Crippen molar-refractivity contribution in [1.29, 1.82) is 0 Å². The Bertz CT molecular complexity index is 779. The minimum Gasteiger partial charge on any atom is -0.771 e. The fourth-order valence-corrected chi connectivity index (χ4v) is 5.15. The van der Waals surface area contributed by atoms with E-state index in [-0.39, 0.29) is 11.9 Å². The maximum atomic E-state index is 14.3. The van der Waals surface area contributed by atoms with Crippen LogP contribution >= 0.6 is 0 Å². The highest BCUT2D eigenvalue weighted by Crippen LogP contribution is 2.31. The number of piperazine rings is 1. The van der Waals surface area contributed by atoms with E-state index >= 15 is 0 Å². The van der Waals surface area contributed by atoms with E-state index in [1.54, 1.807) is 0 Å². The molecule has 31 heavy (non-hydrogen) atoms. The molecule has 3 aliphatic rings. The molecule has 8 heteroatoms. The van der Waals surface area contributed by atoms with Crippen LogP contribution in [0.25, 0.3) is 0 Å². The van der Waals surface area contributed by atoms with Crippen molar-refractivity contribution in [2.45, 2.75) is 70.6 Å². The zero-order valence-electron chi connectivity index (χ0n) is 18.3. The number of hydrogen-bond acceptors (Lipinski definition) is 5. The van der Waals surface area contributed by atoms with Crippen molar-refractivity contribution in [3.63, 3.8) is 0 Å². The van der Waals surface area contributed by atoms with Crippen molar-refractivity contribution in [2.75, 3.05) is 31.5 Å². The quantitative estimate of drug-likeness (QED) is 0.685. The zero-order chi connectivity index (χ0) is 22.0. The molecular formula is C23H33F2N4O2-. The summed E-state index contributed by atoms with van der Waals surface area (Å²) >= 11 is 0. The van der Waals surface area contributed by atoms with Gasteiger partial charge in [-0.15, -0.1) is 0 Å². The molecule has 2 unspecified atom stereocenters. The van der Waals surface area contributed by atoms with Crippen LogP contribution in [0.5, 0.6) is 0 Å². The molecule has 1 amide bonds. The molecule has 172 valence electrons. The van der Waals surface area contributed by atoms with E-state index in [0.29, 0.717) is 44.6 Å². The summed E-state index contributed by atoms with van der Waals surface area (Å²) in [6.45, 7) is 5.21. The van der Waals surface area contributed by atoms with Crippen molar-refractivity contribution in [3.05, 3.63) is 34.3 Å². The van der Waals surface area contributed by atoms with Crippen LogP contribution < -0.4 is 5.32 Å². The highest BCUT2D eigenvalue weighted by atomic mass is 19.1. The summed E-state index contributed by atoms with van der Waals surface area (Å²) in [5.74, 6) is -1.42. The Morgan fingerprint density at radius 1 is 1.13 bits per heavy atom. The average Bonchev–Trinajstić information content (AvgIpc) is 3.43. The first kappa shape index (κ1) is 22.6. The van der Waals surface area contributed by atoms with E-state index in [0.717, 1.165) is 49.9 Å². The zero-order valence-corrected chi connectivity index (χ0v) is 18.3. The van der Waals surface area contributed by atoms with Crippen LogP contribution in [0.3, 0.4) is 0 Å². The Balaban J connectivity index is 1.36. The number of carbonyl (C=O) groups is 1. The fraction of sp³-hybridized carbons (Fsp3) is 0.696. The first-order valence-corrected chi connectivity index (χ1v) is 11.6. The minimum absolute atomic E-state index is 0.118. The summed E-state index contributed by atoms with van der Waals surface area (Å²) in [5, 5.41) is 18.4. The third-order valence-electron chi connectivity index (χ3n) is 7.16. The number of hydroxylamine groups is 1. The van der Waals surface area contributed by atoms with Crippen molar-refractivity contribution in [3.8, 4) is 0 Å². The number of hydrazine groups is 1. The first-order valence-electron chi connectivity index (χ1n) is 11.6. The Morgan fingerprint density at radius 2 is 1.84 bits per heavy atom. The lowest BCUT2D eigenvalue weighted by atomic mass is 10.0. The van der Waals surface area contributed by atoms with Crippen molar-refractivity contribution >= 4 is 11.6 Å². The number of rotatable bonds is 6. The lowest BCUT2D eigenvalue weighted by Crippen LogP contribution is -2.53. The van der Waals surface area contributed by atoms with Gasteiger partial charge in [0, 0.05) is 44.5 Å². The molecule has 1 aromatic rings. The van der Waals surface area contributed by atoms with Gasteiger partial charge in [-0.25, -0.2) is 8.78 Å². The summed E-state index contributed by atoms with van der Waals surface area (Å²) in [6, 6.07) is 2.93. The lowest BCUT2D eigenvalue weighted by molar-refractivity contribution is -0.121. The molecular weight excluding hydrogens is 402 g/mol. The Morgan fingerprint density at radius 3 is 2.48 bits per heavy atom. The summed E-state index contributed by atoms with van der Waals surface area (Å²) in [4.78, 5) is 14.7. The van der Waals surface area contributed by atoms with E-state index in [4.69, 9.17) is 0 Å². The second-order valence-corrected chi connectivity index (χ2v) is 9.25. The maximum Gasteiger partial charge on any atom is 0.230 e. The van der Waals surface area contributed by atoms with Gasteiger partial charge in [-0.2, -0.15) is 0 Å². The van der Waals surface area contributed by atoms with Crippen LogP contribution in [0.1, 0.15) is 56.1 Å². The third-order valence-corrected chi connectivity index (χ3v) is 7.16. The Labute approximate surface area is 183 Å². The number of alkyl halides is 1. The van der Waals surface area contributed by atoms with Gasteiger partial charge in [-0.1, -0.05) is 12.8 Å².